The SMILES string of the molecule is O=C(O)c1nn(-c2ccc(Cl)cc2)c2cccc(Oc3ccc(F)cc3)c2c1=O. The van der Waals surface area contributed by atoms with Crippen LogP contribution in [0.15, 0.2) is 71.5 Å². The van der Waals surface area contributed by atoms with Crippen LogP contribution in [0.4, 0.5) is 4.39 Å². The Hall–Kier alpha value is -3.71. The third-order valence-corrected chi connectivity index (χ3v) is 4.44. The van der Waals surface area contributed by atoms with E-state index >= 15 is 0 Å². The van der Waals surface area contributed by atoms with Crippen molar-refractivity contribution >= 4 is 28.5 Å². The zero-order valence-electron chi connectivity index (χ0n) is 14.7. The molecule has 29 heavy (non-hydrogen) atoms. The van der Waals surface area contributed by atoms with Crippen LogP contribution >= 0.6 is 11.6 Å². The fraction of sp³-hybridized carbons (Fsp3) is 0. The summed E-state index contributed by atoms with van der Waals surface area (Å²) >= 11 is 5.93. The Morgan fingerprint density at radius 3 is 2.38 bits per heavy atom. The summed E-state index contributed by atoms with van der Waals surface area (Å²) in [5.74, 6) is -1.47. The summed E-state index contributed by atoms with van der Waals surface area (Å²) in [6.45, 7) is 0. The van der Waals surface area contributed by atoms with Crippen molar-refractivity contribution in [1.29, 1.82) is 0 Å². The van der Waals surface area contributed by atoms with E-state index in [4.69, 9.17) is 16.3 Å². The monoisotopic (exact) mass is 410 g/mol. The summed E-state index contributed by atoms with van der Waals surface area (Å²) in [5, 5.41) is 14.0. The van der Waals surface area contributed by atoms with Gasteiger partial charge in [-0.15, -0.1) is 0 Å². The van der Waals surface area contributed by atoms with E-state index in [9.17, 15) is 19.1 Å². The molecule has 1 aromatic heterocycles. The van der Waals surface area contributed by atoms with Gasteiger partial charge in [0.05, 0.1) is 16.6 Å². The molecule has 4 rings (SSSR count). The molecule has 0 saturated heterocycles. The fourth-order valence-corrected chi connectivity index (χ4v) is 3.00. The number of carboxylic acids is 1. The van der Waals surface area contributed by atoms with Gasteiger partial charge >= 0.3 is 5.97 Å². The van der Waals surface area contributed by atoms with E-state index in [1.807, 2.05) is 0 Å². The summed E-state index contributed by atoms with van der Waals surface area (Å²) in [6.07, 6.45) is 0. The molecule has 1 heterocycles. The number of ether oxygens (including phenoxy) is 1. The molecule has 0 saturated carbocycles. The van der Waals surface area contributed by atoms with Crippen molar-refractivity contribution in [3.63, 3.8) is 0 Å². The maximum atomic E-state index is 13.2. The zero-order valence-corrected chi connectivity index (χ0v) is 15.4. The lowest BCUT2D eigenvalue weighted by atomic mass is 10.1. The second-order valence-corrected chi connectivity index (χ2v) is 6.51. The van der Waals surface area contributed by atoms with E-state index in [0.29, 0.717) is 22.0 Å². The largest absolute Gasteiger partial charge is 0.476 e. The number of benzene rings is 3. The Balaban J connectivity index is 1.99. The van der Waals surface area contributed by atoms with Crippen LogP contribution in [0.1, 0.15) is 10.5 Å². The molecular weight excluding hydrogens is 399 g/mol. The molecule has 8 heteroatoms. The number of halogens is 2. The van der Waals surface area contributed by atoms with Gasteiger partial charge in [0.15, 0.2) is 0 Å². The molecule has 0 amide bonds. The topological polar surface area (TPSA) is 81.4 Å². The number of carboxylic acid groups (broad SMARTS) is 1. The van der Waals surface area contributed by atoms with Gasteiger partial charge in [-0.3, -0.25) is 4.79 Å². The maximum absolute atomic E-state index is 13.2. The molecule has 4 aromatic rings. The van der Waals surface area contributed by atoms with Gasteiger partial charge in [-0.1, -0.05) is 17.7 Å². The molecular formula is C21H12ClFN2O4. The van der Waals surface area contributed by atoms with Crippen molar-refractivity contribution in [3.8, 4) is 17.2 Å². The van der Waals surface area contributed by atoms with Gasteiger partial charge < -0.3 is 9.84 Å². The summed E-state index contributed by atoms with van der Waals surface area (Å²) in [5.41, 5.74) is -0.569. The molecule has 1 N–H and O–H groups in total. The minimum atomic E-state index is -1.46. The quantitative estimate of drug-likeness (QED) is 0.528. The van der Waals surface area contributed by atoms with Crippen molar-refractivity contribution in [2.24, 2.45) is 0 Å². The average Bonchev–Trinajstić information content (AvgIpc) is 2.71. The molecule has 144 valence electrons. The van der Waals surface area contributed by atoms with Crippen LogP contribution in [-0.2, 0) is 0 Å². The molecule has 0 atom stereocenters. The minimum Gasteiger partial charge on any atom is -0.476 e. The number of aromatic nitrogens is 2. The molecule has 0 aliphatic heterocycles. The number of hydrogen-bond donors (Lipinski definition) is 1. The highest BCUT2D eigenvalue weighted by Gasteiger charge is 2.20. The third kappa shape index (κ3) is 3.55. The lowest BCUT2D eigenvalue weighted by Gasteiger charge is -2.14. The van der Waals surface area contributed by atoms with Gasteiger partial charge in [0.1, 0.15) is 17.3 Å². The van der Waals surface area contributed by atoms with Gasteiger partial charge in [-0.05, 0) is 60.7 Å². The molecule has 6 nitrogen and oxygen atoms in total. The van der Waals surface area contributed by atoms with E-state index in [2.05, 4.69) is 5.10 Å². The molecule has 0 aliphatic carbocycles. The lowest BCUT2D eigenvalue weighted by molar-refractivity contribution is 0.0687. The molecule has 3 aromatic carbocycles. The molecule has 0 bridgehead atoms. The highest BCUT2D eigenvalue weighted by Crippen LogP contribution is 2.29. The van der Waals surface area contributed by atoms with Crippen LogP contribution in [-0.4, -0.2) is 20.9 Å². The molecule has 0 fully saturated rings. The highest BCUT2D eigenvalue weighted by molar-refractivity contribution is 6.30. The van der Waals surface area contributed by atoms with E-state index in [-0.39, 0.29) is 11.1 Å². The first-order valence-corrected chi connectivity index (χ1v) is 8.80. The number of carbonyl (C=O) groups is 1. The molecule has 0 radical (unpaired) electrons. The van der Waals surface area contributed by atoms with Gasteiger partial charge in [-0.25, -0.2) is 13.9 Å². The minimum absolute atomic E-state index is 0.0409. The summed E-state index contributed by atoms with van der Waals surface area (Å²) in [7, 11) is 0. The van der Waals surface area contributed by atoms with Crippen molar-refractivity contribution in [2.45, 2.75) is 0 Å². The van der Waals surface area contributed by atoms with Crippen LogP contribution < -0.4 is 10.2 Å². The molecule has 0 aliphatic rings. The lowest BCUT2D eigenvalue weighted by Crippen LogP contribution is -2.22. The van der Waals surface area contributed by atoms with Crippen LogP contribution in [0.2, 0.25) is 5.02 Å². The smallest absolute Gasteiger partial charge is 0.360 e. The van der Waals surface area contributed by atoms with Gasteiger partial charge in [0.25, 0.3) is 0 Å². The van der Waals surface area contributed by atoms with Crippen LogP contribution in [0, 0.1) is 5.82 Å². The van der Waals surface area contributed by atoms with Crippen molar-refractivity contribution < 1.29 is 19.0 Å². The summed E-state index contributed by atoms with van der Waals surface area (Å²) in [6, 6.07) is 16.6. The predicted octanol–water partition coefficient (Wildman–Crippen LogP) is 4.67. The van der Waals surface area contributed by atoms with Crippen LogP contribution in [0.3, 0.4) is 0 Å². The first kappa shape index (κ1) is 18.6. The van der Waals surface area contributed by atoms with Crippen molar-refractivity contribution in [1.82, 2.24) is 9.78 Å². The fourth-order valence-electron chi connectivity index (χ4n) is 2.88. The Morgan fingerprint density at radius 2 is 1.72 bits per heavy atom. The average molecular weight is 411 g/mol. The standard InChI is InChI=1S/C21H12ClFN2O4/c22-12-4-8-14(9-5-12)25-16-2-1-3-17(29-15-10-6-13(23)7-11-15)18(16)20(26)19(24-25)21(27)28/h1-11H,(H,27,28). The number of fused-ring (bicyclic) bond motifs is 1. The number of rotatable bonds is 4. The number of aromatic carboxylic acids is 1. The predicted molar refractivity (Wildman–Crippen MR) is 106 cm³/mol. The maximum Gasteiger partial charge on any atom is 0.360 e. The van der Waals surface area contributed by atoms with Crippen molar-refractivity contribution in [3.05, 3.63) is 93.5 Å². The van der Waals surface area contributed by atoms with Crippen LogP contribution in [0.25, 0.3) is 16.6 Å². The highest BCUT2D eigenvalue weighted by atomic mass is 35.5. The normalized spacial score (nSPS) is 10.8. The summed E-state index contributed by atoms with van der Waals surface area (Å²) in [4.78, 5) is 24.5. The number of hydrogen-bond acceptors (Lipinski definition) is 4. The Labute approximate surface area is 168 Å². The zero-order chi connectivity index (χ0) is 20.5. The van der Waals surface area contributed by atoms with Gasteiger partial charge in [0.2, 0.25) is 11.1 Å². The first-order valence-electron chi connectivity index (χ1n) is 8.43. The van der Waals surface area contributed by atoms with E-state index in [1.54, 1.807) is 36.4 Å². The van der Waals surface area contributed by atoms with E-state index in [0.717, 1.165) is 0 Å². The third-order valence-electron chi connectivity index (χ3n) is 4.19. The molecule has 0 spiro atoms. The van der Waals surface area contributed by atoms with E-state index < -0.39 is 22.9 Å². The first-order chi connectivity index (χ1) is 13.9. The Kier molecular flexibility index (Phi) is 4.74. The van der Waals surface area contributed by atoms with Crippen LogP contribution in [0.5, 0.6) is 11.5 Å². The molecule has 0 unspecified atom stereocenters. The van der Waals surface area contributed by atoms with Gasteiger partial charge in [-0.2, -0.15) is 5.10 Å². The Morgan fingerprint density at radius 1 is 1.03 bits per heavy atom. The number of nitrogens with zero attached hydrogens (tertiary/aromatic N) is 2. The van der Waals surface area contributed by atoms with E-state index in [1.165, 1.54) is 35.0 Å². The summed E-state index contributed by atoms with van der Waals surface area (Å²) < 4.78 is 20.3. The second-order valence-electron chi connectivity index (χ2n) is 6.08. The van der Waals surface area contributed by atoms with Gasteiger partial charge in [0, 0.05) is 5.02 Å². The second kappa shape index (κ2) is 7.37. The Bertz CT molecular complexity index is 1290. The van der Waals surface area contributed by atoms with Crippen molar-refractivity contribution in [2.75, 3.05) is 0 Å².